The summed E-state index contributed by atoms with van der Waals surface area (Å²) < 4.78 is 0. The lowest BCUT2D eigenvalue weighted by Gasteiger charge is -2.21. The number of aliphatic hydroxyl groups is 1. The Balaban J connectivity index is 2.10. The first-order chi connectivity index (χ1) is 10.2. The summed E-state index contributed by atoms with van der Waals surface area (Å²) >= 11 is 0. The Kier molecular flexibility index (Phi) is 5.66. The third-order valence-electron chi connectivity index (χ3n) is 3.19. The van der Waals surface area contributed by atoms with E-state index in [4.69, 9.17) is 0 Å². The molecule has 0 unspecified atom stereocenters. The predicted molar refractivity (Wildman–Crippen MR) is 84.0 cm³/mol. The van der Waals surface area contributed by atoms with E-state index in [1.807, 2.05) is 38.2 Å². The van der Waals surface area contributed by atoms with E-state index < -0.39 is 0 Å². The number of hydrogen-bond acceptors (Lipinski definition) is 5. The molecule has 0 atom stereocenters. The summed E-state index contributed by atoms with van der Waals surface area (Å²) in [6.07, 6.45) is 0. The zero-order valence-electron chi connectivity index (χ0n) is 12.6. The predicted octanol–water partition coefficient (Wildman–Crippen LogP) is 1.82. The normalized spacial score (nSPS) is 10.9. The standard InChI is InChI=1S/C16H22N4O/c1-13-10-15(17-2)19-16(18-13)12-20(8-9-21)11-14-6-4-3-5-7-14/h3-7,10,21H,8-9,11-12H2,1-2H3,(H,17,18,19). The molecule has 0 saturated heterocycles. The molecule has 2 rings (SSSR count). The van der Waals surface area contributed by atoms with E-state index in [9.17, 15) is 5.11 Å². The van der Waals surface area contributed by atoms with Crippen molar-refractivity contribution in [3.63, 3.8) is 0 Å². The summed E-state index contributed by atoms with van der Waals surface area (Å²) in [5.74, 6) is 1.59. The van der Waals surface area contributed by atoms with Crippen LogP contribution in [0.25, 0.3) is 0 Å². The molecule has 0 spiro atoms. The Morgan fingerprint density at radius 3 is 2.57 bits per heavy atom. The lowest BCUT2D eigenvalue weighted by molar-refractivity contribution is 0.181. The van der Waals surface area contributed by atoms with Crippen LogP contribution >= 0.6 is 0 Å². The molecular formula is C16H22N4O. The number of aliphatic hydroxyl groups excluding tert-OH is 1. The van der Waals surface area contributed by atoms with Crippen LogP contribution < -0.4 is 5.32 Å². The molecule has 5 nitrogen and oxygen atoms in total. The van der Waals surface area contributed by atoms with Gasteiger partial charge in [0.25, 0.3) is 0 Å². The number of aryl methyl sites for hydroxylation is 1. The molecule has 5 heteroatoms. The summed E-state index contributed by atoms with van der Waals surface area (Å²) in [4.78, 5) is 11.1. The molecule has 21 heavy (non-hydrogen) atoms. The Labute approximate surface area is 125 Å². The third-order valence-corrected chi connectivity index (χ3v) is 3.19. The highest BCUT2D eigenvalue weighted by atomic mass is 16.3. The Morgan fingerprint density at radius 1 is 1.14 bits per heavy atom. The number of rotatable bonds is 7. The molecule has 0 aliphatic rings. The number of anilines is 1. The molecule has 2 N–H and O–H groups in total. The van der Waals surface area contributed by atoms with E-state index in [-0.39, 0.29) is 6.61 Å². The van der Waals surface area contributed by atoms with E-state index in [1.54, 1.807) is 0 Å². The van der Waals surface area contributed by atoms with Gasteiger partial charge in [0.1, 0.15) is 11.6 Å². The molecule has 1 aromatic heterocycles. The van der Waals surface area contributed by atoms with Gasteiger partial charge in [0, 0.05) is 31.9 Å². The van der Waals surface area contributed by atoms with Crippen LogP contribution in [-0.4, -0.2) is 40.2 Å². The zero-order chi connectivity index (χ0) is 15.1. The summed E-state index contributed by atoms with van der Waals surface area (Å²) in [6.45, 7) is 4.07. The topological polar surface area (TPSA) is 61.3 Å². The highest BCUT2D eigenvalue weighted by Crippen LogP contribution is 2.10. The van der Waals surface area contributed by atoms with Gasteiger partial charge in [0.05, 0.1) is 13.2 Å². The fraction of sp³-hybridized carbons (Fsp3) is 0.375. The second-order valence-corrected chi connectivity index (χ2v) is 4.98. The zero-order valence-corrected chi connectivity index (χ0v) is 12.6. The number of nitrogens with zero attached hydrogens (tertiary/aromatic N) is 3. The number of hydrogen-bond donors (Lipinski definition) is 2. The monoisotopic (exact) mass is 286 g/mol. The van der Waals surface area contributed by atoms with E-state index in [0.29, 0.717) is 13.1 Å². The minimum atomic E-state index is 0.123. The molecule has 0 radical (unpaired) electrons. The molecule has 0 saturated carbocycles. The molecule has 1 aromatic carbocycles. The molecule has 0 fully saturated rings. The maximum atomic E-state index is 9.25. The first kappa shape index (κ1) is 15.4. The quantitative estimate of drug-likeness (QED) is 0.813. The Morgan fingerprint density at radius 2 is 1.90 bits per heavy atom. The van der Waals surface area contributed by atoms with Crippen molar-refractivity contribution in [2.75, 3.05) is 25.5 Å². The maximum Gasteiger partial charge on any atom is 0.144 e. The number of benzene rings is 1. The van der Waals surface area contributed by atoms with E-state index in [2.05, 4.69) is 32.3 Å². The highest BCUT2D eigenvalue weighted by Gasteiger charge is 2.10. The van der Waals surface area contributed by atoms with Gasteiger partial charge in [-0.15, -0.1) is 0 Å². The Bertz CT molecular complexity index is 559. The largest absolute Gasteiger partial charge is 0.395 e. The van der Waals surface area contributed by atoms with Crippen molar-refractivity contribution in [3.8, 4) is 0 Å². The Hall–Kier alpha value is -1.98. The van der Waals surface area contributed by atoms with Crippen molar-refractivity contribution in [1.82, 2.24) is 14.9 Å². The van der Waals surface area contributed by atoms with Gasteiger partial charge in [-0.3, -0.25) is 4.90 Å². The van der Waals surface area contributed by atoms with Crippen molar-refractivity contribution in [2.24, 2.45) is 0 Å². The minimum Gasteiger partial charge on any atom is -0.395 e. The molecular weight excluding hydrogens is 264 g/mol. The highest BCUT2D eigenvalue weighted by molar-refractivity contribution is 5.34. The smallest absolute Gasteiger partial charge is 0.144 e. The molecule has 112 valence electrons. The van der Waals surface area contributed by atoms with E-state index in [0.717, 1.165) is 23.9 Å². The number of nitrogens with one attached hydrogen (secondary N) is 1. The van der Waals surface area contributed by atoms with E-state index in [1.165, 1.54) is 5.56 Å². The third kappa shape index (κ3) is 4.81. The minimum absolute atomic E-state index is 0.123. The average Bonchev–Trinajstić information content (AvgIpc) is 2.48. The van der Waals surface area contributed by atoms with Gasteiger partial charge in [0.15, 0.2) is 0 Å². The van der Waals surface area contributed by atoms with Gasteiger partial charge in [-0.1, -0.05) is 30.3 Å². The van der Waals surface area contributed by atoms with Gasteiger partial charge in [0.2, 0.25) is 0 Å². The molecule has 0 bridgehead atoms. The number of aromatic nitrogens is 2. The average molecular weight is 286 g/mol. The molecule has 2 aromatic rings. The van der Waals surface area contributed by atoms with Crippen molar-refractivity contribution >= 4 is 5.82 Å². The van der Waals surface area contributed by atoms with Crippen LogP contribution in [-0.2, 0) is 13.1 Å². The molecule has 1 heterocycles. The van der Waals surface area contributed by atoms with Gasteiger partial charge in [-0.05, 0) is 12.5 Å². The van der Waals surface area contributed by atoms with Gasteiger partial charge >= 0.3 is 0 Å². The van der Waals surface area contributed by atoms with Crippen molar-refractivity contribution in [3.05, 3.63) is 53.5 Å². The van der Waals surface area contributed by atoms with Crippen LogP contribution in [0.4, 0.5) is 5.82 Å². The maximum absolute atomic E-state index is 9.25. The van der Waals surface area contributed by atoms with Crippen molar-refractivity contribution < 1.29 is 5.11 Å². The molecule has 0 aliphatic heterocycles. The van der Waals surface area contributed by atoms with Crippen molar-refractivity contribution in [1.29, 1.82) is 0 Å². The first-order valence-corrected chi connectivity index (χ1v) is 7.10. The van der Waals surface area contributed by atoms with Crippen LogP contribution in [0, 0.1) is 6.92 Å². The second-order valence-electron chi connectivity index (χ2n) is 4.98. The fourth-order valence-corrected chi connectivity index (χ4v) is 2.23. The van der Waals surface area contributed by atoms with Crippen LogP contribution in [0.3, 0.4) is 0 Å². The summed E-state index contributed by atoms with van der Waals surface area (Å²) in [6, 6.07) is 12.1. The van der Waals surface area contributed by atoms with Crippen molar-refractivity contribution in [2.45, 2.75) is 20.0 Å². The summed E-state index contributed by atoms with van der Waals surface area (Å²) in [5, 5.41) is 12.3. The SMILES string of the molecule is CNc1cc(C)nc(CN(CCO)Cc2ccccc2)n1. The van der Waals surface area contributed by atoms with Gasteiger partial charge in [-0.25, -0.2) is 9.97 Å². The first-order valence-electron chi connectivity index (χ1n) is 7.10. The van der Waals surface area contributed by atoms with Crippen LogP contribution in [0.15, 0.2) is 36.4 Å². The van der Waals surface area contributed by atoms with Gasteiger partial charge in [-0.2, -0.15) is 0 Å². The molecule has 0 amide bonds. The van der Waals surface area contributed by atoms with Gasteiger partial charge < -0.3 is 10.4 Å². The molecule has 0 aliphatic carbocycles. The lowest BCUT2D eigenvalue weighted by Crippen LogP contribution is -2.27. The van der Waals surface area contributed by atoms with E-state index >= 15 is 0 Å². The summed E-state index contributed by atoms with van der Waals surface area (Å²) in [5.41, 5.74) is 2.15. The lowest BCUT2D eigenvalue weighted by atomic mass is 10.2. The van der Waals surface area contributed by atoms with Crippen LogP contribution in [0.5, 0.6) is 0 Å². The van der Waals surface area contributed by atoms with Crippen LogP contribution in [0.2, 0.25) is 0 Å². The second kappa shape index (κ2) is 7.71. The summed E-state index contributed by atoms with van der Waals surface area (Å²) in [7, 11) is 1.85. The fourth-order valence-electron chi connectivity index (χ4n) is 2.23. The van der Waals surface area contributed by atoms with Crippen LogP contribution in [0.1, 0.15) is 17.1 Å².